The van der Waals surface area contributed by atoms with Crippen LogP contribution in [0.3, 0.4) is 0 Å². The smallest absolute Gasteiger partial charge is 0.191 e. The van der Waals surface area contributed by atoms with Gasteiger partial charge in [-0.05, 0) is 17.7 Å². The van der Waals surface area contributed by atoms with Gasteiger partial charge in [-0.25, -0.2) is 0 Å². The van der Waals surface area contributed by atoms with E-state index in [2.05, 4.69) is 23.7 Å². The van der Waals surface area contributed by atoms with Gasteiger partial charge in [0.25, 0.3) is 0 Å². The number of ether oxygens (including phenoxy) is 1. The van der Waals surface area contributed by atoms with Crippen LogP contribution in [0.15, 0.2) is 23.2 Å². The van der Waals surface area contributed by atoms with Crippen molar-refractivity contribution in [1.29, 1.82) is 0 Å². The Morgan fingerprint density at radius 2 is 1.95 bits per heavy atom. The number of nitrogens with two attached hydrogens (primary N) is 1. The van der Waals surface area contributed by atoms with E-state index in [0.717, 1.165) is 18.7 Å². The maximum atomic E-state index is 6.09. The van der Waals surface area contributed by atoms with Gasteiger partial charge >= 0.3 is 0 Å². The molecule has 2 rings (SSSR count). The molecule has 6 heteroatoms. The molecule has 0 spiro atoms. The summed E-state index contributed by atoms with van der Waals surface area (Å²) in [5.74, 6) is 0.575. The van der Waals surface area contributed by atoms with Crippen LogP contribution in [-0.4, -0.2) is 43.7 Å². The number of rotatable bonds is 3. The van der Waals surface area contributed by atoms with Gasteiger partial charge in [0, 0.05) is 18.5 Å². The first-order valence-corrected chi connectivity index (χ1v) is 7.74. The van der Waals surface area contributed by atoms with E-state index in [1.807, 2.05) is 18.2 Å². The zero-order valence-corrected chi connectivity index (χ0v) is 13.9. The van der Waals surface area contributed by atoms with E-state index in [9.17, 15) is 0 Å². The van der Waals surface area contributed by atoms with Crippen molar-refractivity contribution in [3.63, 3.8) is 0 Å². The van der Waals surface area contributed by atoms with Crippen molar-refractivity contribution in [2.24, 2.45) is 10.7 Å². The molecule has 0 saturated carbocycles. The Kier molecular flexibility index (Phi) is 5.36. The quantitative estimate of drug-likeness (QED) is 0.685. The van der Waals surface area contributed by atoms with Gasteiger partial charge in [0.1, 0.15) is 0 Å². The van der Waals surface area contributed by atoms with E-state index in [1.54, 1.807) is 0 Å². The van der Waals surface area contributed by atoms with Crippen LogP contribution in [0.2, 0.25) is 10.0 Å². The predicted molar refractivity (Wildman–Crippen MR) is 88.4 cm³/mol. The van der Waals surface area contributed by atoms with E-state index in [4.69, 9.17) is 33.7 Å². The van der Waals surface area contributed by atoms with Gasteiger partial charge in [-0.1, -0.05) is 43.1 Å². The Bertz CT molecular complexity index is 526. The first-order chi connectivity index (χ1) is 9.90. The third-order valence-electron chi connectivity index (χ3n) is 3.67. The molecular weight excluding hydrogens is 309 g/mol. The highest BCUT2D eigenvalue weighted by Gasteiger charge is 2.22. The average Bonchev–Trinajstić information content (AvgIpc) is 2.48. The molecule has 0 atom stereocenters. The molecule has 21 heavy (non-hydrogen) atoms. The number of benzene rings is 1. The molecule has 1 aromatic carbocycles. The number of nitrogens with zero attached hydrogens (tertiary/aromatic N) is 2. The molecule has 0 unspecified atom stereocenters. The second kappa shape index (κ2) is 6.86. The SMILES string of the molecule is CC(C)(CN=C(N)N1CCOCC1)c1ccc(Cl)c(Cl)c1. The van der Waals surface area contributed by atoms with E-state index in [0.29, 0.717) is 35.8 Å². The molecule has 1 heterocycles. The third kappa shape index (κ3) is 4.25. The lowest BCUT2D eigenvalue weighted by atomic mass is 9.85. The van der Waals surface area contributed by atoms with Gasteiger partial charge in [-0.2, -0.15) is 0 Å². The van der Waals surface area contributed by atoms with Crippen molar-refractivity contribution in [3.05, 3.63) is 33.8 Å². The van der Waals surface area contributed by atoms with Crippen LogP contribution >= 0.6 is 23.2 Å². The highest BCUT2D eigenvalue weighted by molar-refractivity contribution is 6.42. The van der Waals surface area contributed by atoms with E-state index >= 15 is 0 Å². The summed E-state index contributed by atoms with van der Waals surface area (Å²) in [6.45, 7) is 7.81. The Morgan fingerprint density at radius 1 is 1.29 bits per heavy atom. The third-order valence-corrected chi connectivity index (χ3v) is 4.41. The standard InChI is InChI=1S/C15H21Cl2N3O/c1-15(2,11-3-4-12(16)13(17)9-11)10-19-14(18)20-5-7-21-8-6-20/h3-4,9H,5-8,10H2,1-2H3,(H2,18,19). The van der Waals surface area contributed by atoms with E-state index in [-0.39, 0.29) is 5.41 Å². The van der Waals surface area contributed by atoms with Gasteiger partial charge in [0.05, 0.1) is 29.8 Å². The lowest BCUT2D eigenvalue weighted by molar-refractivity contribution is 0.0674. The minimum Gasteiger partial charge on any atom is -0.378 e. The van der Waals surface area contributed by atoms with Crippen LogP contribution in [0.4, 0.5) is 0 Å². The number of halogens is 2. The van der Waals surface area contributed by atoms with Gasteiger partial charge in [-0.15, -0.1) is 0 Å². The minimum absolute atomic E-state index is 0.162. The summed E-state index contributed by atoms with van der Waals surface area (Å²) in [6.07, 6.45) is 0. The molecule has 0 bridgehead atoms. The Hall–Kier alpha value is -0.970. The summed E-state index contributed by atoms with van der Waals surface area (Å²) >= 11 is 12.1. The number of morpholine rings is 1. The summed E-state index contributed by atoms with van der Waals surface area (Å²) < 4.78 is 5.31. The summed E-state index contributed by atoms with van der Waals surface area (Å²) in [5, 5.41) is 1.12. The first kappa shape index (κ1) is 16.4. The maximum absolute atomic E-state index is 6.09. The zero-order valence-electron chi connectivity index (χ0n) is 12.4. The van der Waals surface area contributed by atoms with Gasteiger partial charge in [0.15, 0.2) is 5.96 Å². The fourth-order valence-corrected chi connectivity index (χ4v) is 2.48. The normalized spacial score (nSPS) is 17.1. The van der Waals surface area contributed by atoms with Crippen LogP contribution < -0.4 is 5.73 Å². The van der Waals surface area contributed by atoms with Crippen LogP contribution in [0, 0.1) is 0 Å². The Labute approximate surface area is 135 Å². The highest BCUT2D eigenvalue weighted by Crippen LogP contribution is 2.30. The zero-order chi connectivity index (χ0) is 15.5. The first-order valence-electron chi connectivity index (χ1n) is 6.98. The molecule has 116 valence electrons. The van der Waals surface area contributed by atoms with E-state index < -0.39 is 0 Å². The summed E-state index contributed by atoms with van der Waals surface area (Å²) in [7, 11) is 0. The number of hydrogen-bond donors (Lipinski definition) is 1. The van der Waals surface area contributed by atoms with Gasteiger partial charge in [0.2, 0.25) is 0 Å². The summed E-state index contributed by atoms with van der Waals surface area (Å²) in [6, 6.07) is 5.69. The molecule has 2 N–H and O–H groups in total. The van der Waals surface area contributed by atoms with Crippen molar-refractivity contribution in [2.75, 3.05) is 32.8 Å². The van der Waals surface area contributed by atoms with Crippen LogP contribution in [0.25, 0.3) is 0 Å². The fraction of sp³-hybridized carbons (Fsp3) is 0.533. The molecule has 4 nitrogen and oxygen atoms in total. The Balaban J connectivity index is 2.07. The maximum Gasteiger partial charge on any atom is 0.191 e. The molecule has 1 aliphatic heterocycles. The summed E-state index contributed by atoms with van der Waals surface area (Å²) in [4.78, 5) is 6.59. The topological polar surface area (TPSA) is 50.8 Å². The lowest BCUT2D eigenvalue weighted by Crippen LogP contribution is -2.45. The molecule has 0 radical (unpaired) electrons. The molecule has 0 aromatic heterocycles. The highest BCUT2D eigenvalue weighted by atomic mass is 35.5. The van der Waals surface area contributed by atoms with Crippen molar-refractivity contribution in [1.82, 2.24) is 4.90 Å². The predicted octanol–water partition coefficient (Wildman–Crippen LogP) is 2.92. The van der Waals surface area contributed by atoms with Crippen LogP contribution in [0.1, 0.15) is 19.4 Å². The minimum atomic E-state index is -0.162. The molecule has 1 aliphatic rings. The van der Waals surface area contributed by atoms with Crippen LogP contribution in [0.5, 0.6) is 0 Å². The molecule has 1 saturated heterocycles. The largest absolute Gasteiger partial charge is 0.378 e. The number of guanidine groups is 1. The van der Waals surface area contributed by atoms with Crippen molar-refractivity contribution in [2.45, 2.75) is 19.3 Å². The van der Waals surface area contributed by atoms with Gasteiger partial charge in [-0.3, -0.25) is 4.99 Å². The molecule has 1 aromatic rings. The molecule has 0 aliphatic carbocycles. The lowest BCUT2D eigenvalue weighted by Gasteiger charge is -2.29. The number of aliphatic imine (C=N–C) groups is 1. The second-order valence-electron chi connectivity index (χ2n) is 5.79. The Morgan fingerprint density at radius 3 is 2.57 bits per heavy atom. The fourth-order valence-electron chi connectivity index (χ4n) is 2.18. The molecule has 0 amide bonds. The van der Waals surface area contributed by atoms with Gasteiger partial charge < -0.3 is 15.4 Å². The monoisotopic (exact) mass is 329 g/mol. The van der Waals surface area contributed by atoms with Crippen LogP contribution in [-0.2, 0) is 10.2 Å². The summed E-state index contributed by atoms with van der Waals surface area (Å²) in [5.41, 5.74) is 6.99. The van der Waals surface area contributed by atoms with Crippen molar-refractivity contribution in [3.8, 4) is 0 Å². The number of hydrogen-bond acceptors (Lipinski definition) is 2. The second-order valence-corrected chi connectivity index (χ2v) is 6.60. The van der Waals surface area contributed by atoms with Crippen molar-refractivity contribution >= 4 is 29.2 Å². The average molecular weight is 330 g/mol. The molecular formula is C15H21Cl2N3O. The molecule has 1 fully saturated rings. The van der Waals surface area contributed by atoms with Crippen molar-refractivity contribution < 1.29 is 4.74 Å². The van der Waals surface area contributed by atoms with E-state index in [1.165, 1.54) is 0 Å².